The highest BCUT2D eigenvalue weighted by Crippen LogP contribution is 2.30. The van der Waals surface area contributed by atoms with Gasteiger partial charge in [0, 0.05) is 20.2 Å². The Kier molecular flexibility index (Phi) is 2.96. The van der Waals surface area contributed by atoms with Crippen LogP contribution < -0.4 is 0 Å². The fourth-order valence-corrected chi connectivity index (χ4v) is 2.21. The summed E-state index contributed by atoms with van der Waals surface area (Å²) in [5.41, 5.74) is 4.43. The van der Waals surface area contributed by atoms with Crippen LogP contribution >= 0.6 is 11.6 Å². The topological polar surface area (TPSA) is 25.4 Å². The molecule has 0 aliphatic carbocycles. The third-order valence-corrected chi connectivity index (χ3v) is 3.28. The maximum atomic E-state index is 6.24. The van der Waals surface area contributed by atoms with Crippen LogP contribution in [0.3, 0.4) is 0 Å². The lowest BCUT2D eigenvalue weighted by Crippen LogP contribution is -2.07. The number of hydrogen-bond acceptors (Lipinski definition) is 3. The number of pyridine rings is 1. The van der Waals surface area contributed by atoms with E-state index >= 15 is 0 Å². The lowest BCUT2D eigenvalue weighted by molar-refractivity contribution is 0.181. The van der Waals surface area contributed by atoms with Crippen molar-refractivity contribution in [1.29, 1.82) is 0 Å². The lowest BCUT2D eigenvalue weighted by Gasteiger charge is -2.09. The van der Waals surface area contributed by atoms with Crippen LogP contribution in [0.2, 0.25) is 5.02 Å². The van der Waals surface area contributed by atoms with Crippen molar-refractivity contribution >= 4 is 11.6 Å². The molecule has 1 aliphatic heterocycles. The van der Waals surface area contributed by atoms with E-state index in [-0.39, 0.29) is 0 Å². The average molecular weight is 227 g/mol. The SMILES string of the molecule is COCc1nc2c(c(C)c1Cl)CN(C)C2. The van der Waals surface area contributed by atoms with Gasteiger partial charge in [0.25, 0.3) is 0 Å². The second kappa shape index (κ2) is 4.08. The molecular weight excluding hydrogens is 212 g/mol. The molecule has 1 aromatic rings. The normalized spacial score (nSPS) is 15.7. The Morgan fingerprint density at radius 3 is 2.87 bits per heavy atom. The summed E-state index contributed by atoms with van der Waals surface area (Å²) in [7, 11) is 3.75. The Hall–Kier alpha value is -0.640. The molecule has 1 aromatic heterocycles. The van der Waals surface area contributed by atoms with E-state index in [1.807, 2.05) is 0 Å². The van der Waals surface area contributed by atoms with E-state index in [2.05, 4.69) is 23.9 Å². The van der Waals surface area contributed by atoms with Gasteiger partial charge in [-0.3, -0.25) is 9.88 Å². The van der Waals surface area contributed by atoms with E-state index in [0.717, 1.165) is 35.1 Å². The first-order chi connectivity index (χ1) is 7.13. The average Bonchev–Trinajstić information content (AvgIpc) is 2.56. The largest absolute Gasteiger partial charge is 0.378 e. The van der Waals surface area contributed by atoms with E-state index in [1.165, 1.54) is 5.56 Å². The molecule has 0 unspecified atom stereocenters. The van der Waals surface area contributed by atoms with Gasteiger partial charge in [-0.1, -0.05) is 11.6 Å². The van der Waals surface area contributed by atoms with Crippen LogP contribution in [-0.4, -0.2) is 24.0 Å². The Morgan fingerprint density at radius 1 is 1.47 bits per heavy atom. The highest BCUT2D eigenvalue weighted by Gasteiger charge is 2.22. The molecule has 3 nitrogen and oxygen atoms in total. The van der Waals surface area contributed by atoms with Gasteiger partial charge in [0.15, 0.2) is 0 Å². The van der Waals surface area contributed by atoms with Crippen LogP contribution in [0.5, 0.6) is 0 Å². The van der Waals surface area contributed by atoms with E-state index in [0.29, 0.717) is 6.61 Å². The molecule has 15 heavy (non-hydrogen) atoms. The Bertz CT molecular complexity index is 392. The highest BCUT2D eigenvalue weighted by atomic mass is 35.5. The summed E-state index contributed by atoms with van der Waals surface area (Å²) in [6.45, 7) is 4.39. The molecule has 0 bridgehead atoms. The molecule has 82 valence electrons. The molecular formula is C11H15ClN2O. The van der Waals surface area contributed by atoms with Crippen molar-refractivity contribution < 1.29 is 4.74 Å². The van der Waals surface area contributed by atoms with Gasteiger partial charge >= 0.3 is 0 Å². The zero-order valence-electron chi connectivity index (χ0n) is 9.30. The number of nitrogens with zero attached hydrogens (tertiary/aromatic N) is 2. The second-order valence-electron chi connectivity index (χ2n) is 4.03. The van der Waals surface area contributed by atoms with Gasteiger partial charge in [0.2, 0.25) is 0 Å². The third-order valence-electron chi connectivity index (χ3n) is 2.78. The highest BCUT2D eigenvalue weighted by molar-refractivity contribution is 6.32. The van der Waals surface area contributed by atoms with E-state index in [4.69, 9.17) is 16.3 Å². The minimum absolute atomic E-state index is 0.483. The standard InChI is InChI=1S/C11H15ClN2O/c1-7-8-4-14(2)5-9(8)13-10(6-15-3)11(7)12/h4-6H2,1-3H3. The van der Waals surface area contributed by atoms with Gasteiger partial charge in [-0.25, -0.2) is 0 Å². The molecule has 0 atom stereocenters. The van der Waals surface area contributed by atoms with Crippen molar-refractivity contribution in [3.63, 3.8) is 0 Å². The number of hydrogen-bond donors (Lipinski definition) is 0. The van der Waals surface area contributed by atoms with E-state index in [9.17, 15) is 0 Å². The summed E-state index contributed by atoms with van der Waals surface area (Å²) >= 11 is 6.24. The van der Waals surface area contributed by atoms with Crippen LogP contribution in [0.4, 0.5) is 0 Å². The number of ether oxygens (including phenoxy) is 1. The van der Waals surface area contributed by atoms with E-state index in [1.54, 1.807) is 7.11 Å². The van der Waals surface area contributed by atoms with Crippen molar-refractivity contribution in [1.82, 2.24) is 9.88 Å². The fraction of sp³-hybridized carbons (Fsp3) is 0.545. The first kappa shape index (κ1) is 10.9. The van der Waals surface area contributed by atoms with Crippen molar-refractivity contribution in [3.8, 4) is 0 Å². The number of fused-ring (bicyclic) bond motifs is 1. The smallest absolute Gasteiger partial charge is 0.0899 e. The van der Waals surface area contributed by atoms with Crippen LogP contribution in [0.1, 0.15) is 22.5 Å². The molecule has 4 heteroatoms. The third kappa shape index (κ3) is 1.87. The van der Waals surface area contributed by atoms with Gasteiger partial charge in [-0.2, -0.15) is 0 Å². The van der Waals surface area contributed by atoms with Gasteiger partial charge in [-0.15, -0.1) is 0 Å². The first-order valence-corrected chi connectivity index (χ1v) is 5.35. The minimum atomic E-state index is 0.483. The molecule has 2 heterocycles. The Balaban J connectivity index is 2.47. The van der Waals surface area contributed by atoms with Crippen LogP contribution in [0.25, 0.3) is 0 Å². The molecule has 0 spiro atoms. The van der Waals surface area contributed by atoms with Gasteiger partial charge in [-0.05, 0) is 25.1 Å². The minimum Gasteiger partial charge on any atom is -0.378 e. The molecule has 0 saturated carbocycles. The zero-order valence-corrected chi connectivity index (χ0v) is 10.1. The molecule has 0 radical (unpaired) electrons. The summed E-state index contributed by atoms with van der Waals surface area (Å²) < 4.78 is 5.09. The summed E-state index contributed by atoms with van der Waals surface area (Å²) in [4.78, 5) is 6.79. The summed E-state index contributed by atoms with van der Waals surface area (Å²) in [5.74, 6) is 0. The molecule has 0 aromatic carbocycles. The number of aromatic nitrogens is 1. The fourth-order valence-electron chi connectivity index (χ4n) is 2.00. The van der Waals surface area contributed by atoms with Crippen molar-refractivity contribution in [2.45, 2.75) is 26.6 Å². The Labute approximate surface area is 95.0 Å². The summed E-state index contributed by atoms with van der Waals surface area (Å²) in [6, 6.07) is 0. The quantitative estimate of drug-likeness (QED) is 0.773. The zero-order chi connectivity index (χ0) is 11.0. The number of methoxy groups -OCH3 is 1. The van der Waals surface area contributed by atoms with Crippen LogP contribution in [-0.2, 0) is 24.4 Å². The maximum absolute atomic E-state index is 6.24. The molecule has 2 rings (SSSR count). The predicted octanol–water partition coefficient (Wildman–Crippen LogP) is 2.14. The van der Waals surface area contributed by atoms with Gasteiger partial charge < -0.3 is 4.74 Å². The molecule has 0 amide bonds. The predicted molar refractivity (Wildman–Crippen MR) is 59.9 cm³/mol. The summed E-state index contributed by atoms with van der Waals surface area (Å²) in [6.07, 6.45) is 0. The van der Waals surface area contributed by atoms with Crippen molar-refractivity contribution in [2.75, 3.05) is 14.2 Å². The number of halogens is 1. The molecule has 0 N–H and O–H groups in total. The van der Waals surface area contributed by atoms with Crippen LogP contribution in [0.15, 0.2) is 0 Å². The van der Waals surface area contributed by atoms with Gasteiger partial charge in [0.1, 0.15) is 0 Å². The first-order valence-electron chi connectivity index (χ1n) is 4.97. The van der Waals surface area contributed by atoms with Crippen LogP contribution in [0, 0.1) is 6.92 Å². The monoisotopic (exact) mass is 226 g/mol. The Morgan fingerprint density at radius 2 is 2.20 bits per heavy atom. The number of rotatable bonds is 2. The van der Waals surface area contributed by atoms with Crippen molar-refractivity contribution in [3.05, 3.63) is 27.5 Å². The second-order valence-corrected chi connectivity index (χ2v) is 4.41. The van der Waals surface area contributed by atoms with Crippen molar-refractivity contribution in [2.24, 2.45) is 0 Å². The van der Waals surface area contributed by atoms with Gasteiger partial charge in [0.05, 0.1) is 23.0 Å². The van der Waals surface area contributed by atoms with E-state index < -0.39 is 0 Å². The molecule has 0 fully saturated rings. The molecule has 1 aliphatic rings. The summed E-state index contributed by atoms with van der Waals surface area (Å²) in [5, 5.41) is 0.755. The lowest BCUT2D eigenvalue weighted by atomic mass is 10.1. The molecule has 0 saturated heterocycles. The maximum Gasteiger partial charge on any atom is 0.0899 e.